The van der Waals surface area contributed by atoms with E-state index in [0.717, 1.165) is 56.1 Å². The van der Waals surface area contributed by atoms with Gasteiger partial charge in [-0.3, -0.25) is 14.6 Å². The number of ketones is 1. The van der Waals surface area contributed by atoms with Gasteiger partial charge in [-0.05, 0) is 57.3 Å². The number of allylic oxidation sites excluding steroid dienone is 4. The minimum atomic E-state index is -0.337. The summed E-state index contributed by atoms with van der Waals surface area (Å²) in [6.45, 7) is 25.1. The van der Waals surface area contributed by atoms with Crippen molar-refractivity contribution in [1.82, 2.24) is 20.0 Å². The number of aliphatic imine (C=N–C) groups is 1. The average molecular weight is 672 g/mol. The number of rotatable bonds is 19. The molecular formula is C41H61N5O3. The smallest absolute Gasteiger partial charge is 0.256 e. The molecule has 0 saturated heterocycles. The van der Waals surface area contributed by atoms with Crippen molar-refractivity contribution >= 4 is 30.1 Å². The van der Waals surface area contributed by atoms with Crippen LogP contribution in [0.25, 0.3) is 12.2 Å². The molecular weight excluding hydrogens is 610 g/mol. The van der Waals surface area contributed by atoms with Gasteiger partial charge in [0.05, 0.1) is 12.6 Å². The number of unbranched alkanes of at least 4 members (excludes halogenated alkanes) is 1. The van der Waals surface area contributed by atoms with Crippen molar-refractivity contribution in [3.63, 3.8) is 0 Å². The van der Waals surface area contributed by atoms with E-state index in [1.807, 2.05) is 55.4 Å². The molecule has 0 fully saturated rings. The van der Waals surface area contributed by atoms with Crippen LogP contribution in [0.4, 0.5) is 0 Å². The highest BCUT2D eigenvalue weighted by atomic mass is 16.5. The van der Waals surface area contributed by atoms with Gasteiger partial charge in [0.2, 0.25) is 0 Å². The molecule has 1 aliphatic heterocycles. The summed E-state index contributed by atoms with van der Waals surface area (Å²) < 4.78 is 5.04. The Balaban J connectivity index is 0.000000632. The molecule has 0 saturated carbocycles. The van der Waals surface area contributed by atoms with Crippen molar-refractivity contribution in [2.75, 3.05) is 67.1 Å². The second-order valence-corrected chi connectivity index (χ2v) is 12.3. The molecule has 1 aromatic carbocycles. The maximum atomic E-state index is 13.1. The maximum Gasteiger partial charge on any atom is 0.256 e. The van der Waals surface area contributed by atoms with Gasteiger partial charge in [-0.25, -0.2) is 0 Å². The van der Waals surface area contributed by atoms with E-state index in [2.05, 4.69) is 73.7 Å². The van der Waals surface area contributed by atoms with E-state index in [4.69, 9.17) is 4.74 Å². The summed E-state index contributed by atoms with van der Waals surface area (Å²) in [6, 6.07) is 7.89. The molecule has 1 aliphatic rings. The summed E-state index contributed by atoms with van der Waals surface area (Å²) in [5.74, 6) is -0.0733. The highest BCUT2D eigenvalue weighted by Crippen LogP contribution is 2.23. The van der Waals surface area contributed by atoms with Crippen LogP contribution in [0.2, 0.25) is 0 Å². The Morgan fingerprint density at radius 2 is 1.76 bits per heavy atom. The van der Waals surface area contributed by atoms with Crippen LogP contribution in [-0.4, -0.2) is 106 Å². The van der Waals surface area contributed by atoms with Gasteiger partial charge < -0.3 is 24.8 Å². The van der Waals surface area contributed by atoms with Crippen molar-refractivity contribution in [3.8, 4) is 0 Å². The quantitative estimate of drug-likeness (QED) is 0.128. The number of carbonyl (C=O) groups is 2. The van der Waals surface area contributed by atoms with Crippen LogP contribution >= 0.6 is 0 Å². The second-order valence-electron chi connectivity index (χ2n) is 12.3. The summed E-state index contributed by atoms with van der Waals surface area (Å²) in [4.78, 5) is 36.6. The van der Waals surface area contributed by atoms with Crippen LogP contribution in [0.1, 0.15) is 40.5 Å². The lowest BCUT2D eigenvalue weighted by atomic mass is 9.92. The molecule has 2 unspecified atom stereocenters. The summed E-state index contributed by atoms with van der Waals surface area (Å²) >= 11 is 0. The lowest BCUT2D eigenvalue weighted by Crippen LogP contribution is -2.43. The van der Waals surface area contributed by atoms with Gasteiger partial charge in [0.15, 0.2) is 5.78 Å². The van der Waals surface area contributed by atoms with Crippen LogP contribution in [0.5, 0.6) is 0 Å². The van der Waals surface area contributed by atoms with Crippen LogP contribution < -0.4 is 15.8 Å². The standard InChI is InChI=1S/C28H37N3O2.C13H24N2O/c1-6-9-18-30(5)20-17-29-28(33)26-21-31(22(4)25(13-8-3)27(26)32)19-16-24-15-11-10-14-23(24)12-7-2;1-6-7-14-10-12(2)13(3)11-15(4)8-9-16-5/h7-8,10-16,21-22H,2-3,6,9,17-20H2,1,4-5H3,(H,29,33);6-7,10,13H,1,8-9,11H2,2-5H3/b23-12-,24-16-,25-13+;12-10+,14-7?. The maximum absolute atomic E-state index is 13.1. The Morgan fingerprint density at radius 3 is 2.39 bits per heavy atom. The lowest BCUT2D eigenvalue weighted by Gasteiger charge is -2.33. The Kier molecular flexibility index (Phi) is 21.8. The van der Waals surface area contributed by atoms with Crippen molar-refractivity contribution in [2.24, 2.45) is 10.9 Å². The van der Waals surface area contributed by atoms with E-state index in [0.29, 0.717) is 24.6 Å². The van der Waals surface area contributed by atoms with Crippen molar-refractivity contribution < 1.29 is 14.3 Å². The Labute approximate surface area is 296 Å². The highest BCUT2D eigenvalue weighted by Gasteiger charge is 2.32. The molecule has 0 bridgehead atoms. The predicted octanol–water partition coefficient (Wildman–Crippen LogP) is 4.91. The fourth-order valence-electron chi connectivity index (χ4n) is 5.05. The number of likely N-dealkylation sites (N-methyl/N-ethyl adjacent to an activating group) is 2. The van der Waals surface area contributed by atoms with Gasteiger partial charge in [-0.2, -0.15) is 0 Å². The van der Waals surface area contributed by atoms with Crippen LogP contribution in [0.3, 0.4) is 0 Å². The van der Waals surface area contributed by atoms with Gasteiger partial charge in [-0.1, -0.05) is 106 Å². The first kappa shape index (κ1) is 42.9. The number of hydrogen-bond donors (Lipinski definition) is 1. The first-order valence-electron chi connectivity index (χ1n) is 17.2. The third kappa shape index (κ3) is 16.2. The monoisotopic (exact) mass is 671 g/mol. The molecule has 49 heavy (non-hydrogen) atoms. The molecule has 0 aromatic heterocycles. The van der Waals surface area contributed by atoms with E-state index in [-0.39, 0.29) is 23.3 Å². The van der Waals surface area contributed by atoms with Crippen LogP contribution in [0, 0.1) is 5.92 Å². The normalized spacial score (nSPS) is 17.3. The zero-order valence-corrected chi connectivity index (χ0v) is 31.2. The molecule has 8 heteroatoms. The zero-order chi connectivity index (χ0) is 36.6. The van der Waals surface area contributed by atoms with Crippen LogP contribution in [0.15, 0.2) is 102 Å². The highest BCUT2D eigenvalue weighted by molar-refractivity contribution is 6.26. The summed E-state index contributed by atoms with van der Waals surface area (Å²) in [6.07, 6.45) is 18.4. The summed E-state index contributed by atoms with van der Waals surface area (Å²) in [7, 11) is 5.88. The lowest BCUT2D eigenvalue weighted by molar-refractivity contribution is -0.121. The number of nitrogens with one attached hydrogen (secondary N) is 1. The third-order valence-electron chi connectivity index (χ3n) is 8.29. The van der Waals surface area contributed by atoms with Crippen LogP contribution in [-0.2, 0) is 14.3 Å². The number of carbonyl (C=O) groups excluding carboxylic acids is 2. The number of Topliss-reactive ketones (excluding diaryl/α,β-unsaturated/α-hetero) is 1. The van der Waals surface area contributed by atoms with E-state index in [9.17, 15) is 9.59 Å². The van der Waals surface area contributed by atoms with Gasteiger partial charge in [-0.15, -0.1) is 0 Å². The van der Waals surface area contributed by atoms with E-state index >= 15 is 0 Å². The number of ether oxygens (including phenoxy) is 1. The molecule has 0 radical (unpaired) electrons. The first-order chi connectivity index (χ1) is 23.5. The van der Waals surface area contributed by atoms with E-state index < -0.39 is 0 Å². The summed E-state index contributed by atoms with van der Waals surface area (Å²) in [5, 5.41) is 5.06. The Bertz CT molecular complexity index is 1460. The number of hydrogen-bond acceptors (Lipinski definition) is 7. The van der Waals surface area contributed by atoms with Gasteiger partial charge >= 0.3 is 0 Å². The van der Waals surface area contributed by atoms with Crippen molar-refractivity contribution in [2.45, 2.75) is 46.6 Å². The number of benzene rings is 1. The van der Waals surface area contributed by atoms with Gasteiger partial charge in [0.25, 0.3) is 5.91 Å². The molecule has 1 aromatic rings. The van der Waals surface area contributed by atoms with Crippen molar-refractivity contribution in [1.29, 1.82) is 0 Å². The minimum absolute atomic E-state index is 0.164. The Morgan fingerprint density at radius 1 is 1.06 bits per heavy atom. The first-order valence-corrected chi connectivity index (χ1v) is 17.2. The molecule has 8 nitrogen and oxygen atoms in total. The fourth-order valence-corrected chi connectivity index (χ4v) is 5.05. The molecule has 268 valence electrons. The second kappa shape index (κ2) is 24.9. The fraction of sp³-hybridized carbons (Fsp3) is 0.439. The average Bonchev–Trinajstić information content (AvgIpc) is 3.08. The molecule has 1 amide bonds. The topological polar surface area (TPSA) is 77.5 Å². The van der Waals surface area contributed by atoms with Gasteiger partial charge in [0, 0.05) is 64.0 Å². The van der Waals surface area contributed by atoms with Gasteiger partial charge in [0.1, 0.15) is 5.57 Å². The molecule has 2 atom stereocenters. The molecule has 2 rings (SSSR count). The number of methoxy groups -OCH3 is 1. The number of amides is 1. The molecule has 0 aliphatic carbocycles. The van der Waals surface area contributed by atoms with Crippen molar-refractivity contribution in [3.05, 3.63) is 108 Å². The predicted molar refractivity (Wildman–Crippen MR) is 209 cm³/mol. The Hall–Kier alpha value is -4.11. The van der Waals surface area contributed by atoms with E-state index in [1.54, 1.807) is 43.8 Å². The zero-order valence-electron chi connectivity index (χ0n) is 31.2. The largest absolute Gasteiger partial charge is 0.383 e. The molecule has 1 N–H and O–H groups in total. The summed E-state index contributed by atoms with van der Waals surface area (Å²) in [5.41, 5.74) is 2.01. The number of nitrogens with zero attached hydrogens (tertiary/aromatic N) is 4. The minimum Gasteiger partial charge on any atom is -0.383 e. The van der Waals surface area contributed by atoms with E-state index in [1.165, 1.54) is 5.57 Å². The molecule has 1 heterocycles. The molecule has 0 spiro atoms. The SMILES string of the molecule is C=C/C=c1/cccc/c1=C/CN1C=C(C(=O)NCCN(C)CCCC)C(=O)/C(=C/C=C)C1C.C=CC=N/C=C(\C)C(C)CN(C)CCOC. The third-order valence-corrected chi connectivity index (χ3v) is 8.29.